The predicted octanol–water partition coefficient (Wildman–Crippen LogP) is 2.88. The molecule has 8 heteroatoms. The highest BCUT2D eigenvalue weighted by molar-refractivity contribution is 5.88. The summed E-state index contributed by atoms with van der Waals surface area (Å²) in [6, 6.07) is 7.60. The lowest BCUT2D eigenvalue weighted by atomic mass is 10.1. The summed E-state index contributed by atoms with van der Waals surface area (Å²) in [4.78, 5) is 21.6. The minimum Gasteiger partial charge on any atom is -0.493 e. The van der Waals surface area contributed by atoms with Gasteiger partial charge in [0, 0.05) is 6.54 Å². The molecule has 1 aromatic rings. The first-order chi connectivity index (χ1) is 11.7. The Bertz CT molecular complexity index is 573. The molecule has 0 atom stereocenters. The number of carbonyl (C=O) groups is 2. The van der Waals surface area contributed by atoms with Crippen molar-refractivity contribution in [1.82, 2.24) is 5.32 Å². The van der Waals surface area contributed by atoms with E-state index in [1.807, 2.05) is 24.3 Å². The average Bonchev–Trinajstić information content (AvgIpc) is 2.52. The van der Waals surface area contributed by atoms with Crippen molar-refractivity contribution in [3.63, 3.8) is 0 Å². The van der Waals surface area contributed by atoms with E-state index < -0.39 is 18.1 Å². The third kappa shape index (κ3) is 9.09. The Morgan fingerprint density at radius 1 is 1.20 bits per heavy atom. The number of hydrogen-bond acceptors (Lipinski definition) is 5. The lowest BCUT2D eigenvalue weighted by molar-refractivity contribution is -0.201. The van der Waals surface area contributed by atoms with E-state index in [1.54, 1.807) is 0 Å². The van der Waals surface area contributed by atoms with Crippen LogP contribution in [0.2, 0.25) is 0 Å². The second-order valence-corrected chi connectivity index (χ2v) is 5.86. The Morgan fingerprint density at radius 2 is 1.92 bits per heavy atom. The van der Waals surface area contributed by atoms with E-state index in [1.165, 1.54) is 0 Å². The first-order valence-corrected chi connectivity index (χ1v) is 7.92. The van der Waals surface area contributed by atoms with Crippen LogP contribution in [0.3, 0.4) is 0 Å². The second-order valence-electron chi connectivity index (χ2n) is 5.86. The summed E-state index contributed by atoms with van der Waals surface area (Å²) in [5.41, 5.74) is 1.03. The molecule has 1 N–H and O–H groups in total. The molecule has 1 aromatic carbocycles. The number of nitrogens with one attached hydrogen (secondary N) is 1. The van der Waals surface area contributed by atoms with Gasteiger partial charge in [-0.1, -0.05) is 26.0 Å². The van der Waals surface area contributed by atoms with Crippen molar-refractivity contribution in [2.75, 3.05) is 19.7 Å². The fourth-order valence-electron chi connectivity index (χ4n) is 1.81. The van der Waals surface area contributed by atoms with Gasteiger partial charge in [-0.15, -0.1) is 0 Å². The summed E-state index contributed by atoms with van der Waals surface area (Å²) in [6.07, 6.45) is -4.82. The van der Waals surface area contributed by atoms with E-state index in [0.717, 1.165) is 11.3 Å². The van der Waals surface area contributed by atoms with Gasteiger partial charge in [0.05, 0.1) is 13.0 Å². The van der Waals surface area contributed by atoms with Crippen LogP contribution in [0.1, 0.15) is 25.8 Å². The van der Waals surface area contributed by atoms with E-state index in [-0.39, 0.29) is 13.0 Å². The van der Waals surface area contributed by atoms with Crippen molar-refractivity contribution in [1.29, 1.82) is 0 Å². The van der Waals surface area contributed by atoms with Crippen molar-refractivity contribution < 1.29 is 32.2 Å². The van der Waals surface area contributed by atoms with Gasteiger partial charge < -0.3 is 14.8 Å². The second kappa shape index (κ2) is 10.0. The molecule has 0 bridgehead atoms. The number of hydrogen-bond donors (Lipinski definition) is 1. The molecule has 0 unspecified atom stereocenters. The van der Waals surface area contributed by atoms with Gasteiger partial charge in [0.25, 0.3) is 0 Å². The molecule has 0 saturated heterocycles. The minimum atomic E-state index is -5.16. The number of alkyl halides is 3. The van der Waals surface area contributed by atoms with Gasteiger partial charge in [-0.2, -0.15) is 13.2 Å². The molecule has 0 radical (unpaired) electrons. The van der Waals surface area contributed by atoms with E-state index in [4.69, 9.17) is 4.74 Å². The number of halogens is 3. The normalized spacial score (nSPS) is 11.4. The number of esters is 2. The third-order valence-electron chi connectivity index (χ3n) is 3.02. The maximum Gasteiger partial charge on any atom is 0.491 e. The maximum absolute atomic E-state index is 11.9. The average molecular weight is 361 g/mol. The number of ether oxygens (including phenoxy) is 2. The van der Waals surface area contributed by atoms with E-state index in [0.29, 0.717) is 25.5 Å². The molecule has 25 heavy (non-hydrogen) atoms. The third-order valence-corrected chi connectivity index (χ3v) is 3.02. The van der Waals surface area contributed by atoms with Crippen LogP contribution in [0.15, 0.2) is 24.3 Å². The van der Waals surface area contributed by atoms with Gasteiger partial charge >= 0.3 is 18.1 Å². The molecule has 0 fully saturated rings. The molecule has 5 nitrogen and oxygen atoms in total. The van der Waals surface area contributed by atoms with Crippen LogP contribution in [0.4, 0.5) is 13.2 Å². The van der Waals surface area contributed by atoms with Crippen LogP contribution in [0.5, 0.6) is 5.75 Å². The highest BCUT2D eigenvalue weighted by Crippen LogP contribution is 2.17. The van der Waals surface area contributed by atoms with Crippen molar-refractivity contribution in [3.05, 3.63) is 29.8 Å². The summed E-state index contributed by atoms with van der Waals surface area (Å²) >= 11 is 0. The zero-order valence-electron chi connectivity index (χ0n) is 14.2. The molecular weight excluding hydrogens is 339 g/mol. The SMILES string of the molecule is CC(C)COc1cccc(CCNCCC(=O)OC(=O)C(F)(F)F)c1. The van der Waals surface area contributed by atoms with E-state index in [9.17, 15) is 22.8 Å². The molecule has 0 aromatic heterocycles. The van der Waals surface area contributed by atoms with Gasteiger partial charge in [0.15, 0.2) is 0 Å². The first-order valence-electron chi connectivity index (χ1n) is 7.92. The number of benzene rings is 1. The fourth-order valence-corrected chi connectivity index (χ4v) is 1.81. The van der Waals surface area contributed by atoms with Gasteiger partial charge in [0.1, 0.15) is 5.75 Å². The Hall–Kier alpha value is -2.09. The standard InChI is InChI=1S/C17H22F3NO4/c1-12(2)11-24-14-5-3-4-13(10-14)6-8-21-9-7-15(22)25-16(23)17(18,19)20/h3-5,10,12,21H,6-9,11H2,1-2H3. The van der Waals surface area contributed by atoms with E-state index >= 15 is 0 Å². The van der Waals surface area contributed by atoms with Crippen molar-refractivity contribution in [2.45, 2.75) is 32.9 Å². The molecule has 0 amide bonds. The molecule has 0 spiro atoms. The summed E-state index contributed by atoms with van der Waals surface area (Å²) in [5, 5.41) is 2.91. The molecule has 0 heterocycles. The topological polar surface area (TPSA) is 64.6 Å². The fraction of sp³-hybridized carbons (Fsp3) is 0.529. The van der Waals surface area contributed by atoms with Gasteiger partial charge in [-0.3, -0.25) is 4.79 Å². The molecule has 0 aliphatic heterocycles. The lowest BCUT2D eigenvalue weighted by Gasteiger charge is -2.10. The van der Waals surface area contributed by atoms with Crippen LogP contribution in [-0.4, -0.2) is 37.8 Å². The molecule has 1 rings (SSSR count). The van der Waals surface area contributed by atoms with Crippen LogP contribution < -0.4 is 10.1 Å². The highest BCUT2D eigenvalue weighted by atomic mass is 19.4. The van der Waals surface area contributed by atoms with Gasteiger partial charge in [-0.05, 0) is 36.6 Å². The quantitative estimate of drug-likeness (QED) is 0.416. The van der Waals surface area contributed by atoms with Crippen LogP contribution >= 0.6 is 0 Å². The van der Waals surface area contributed by atoms with Gasteiger partial charge in [0.2, 0.25) is 0 Å². The molecule has 0 aliphatic carbocycles. The summed E-state index contributed by atoms with van der Waals surface area (Å²) < 4.78 is 45.1. The summed E-state index contributed by atoms with van der Waals surface area (Å²) in [6.45, 7) is 5.38. The minimum absolute atomic E-state index is 0.119. The molecular formula is C17H22F3NO4. The largest absolute Gasteiger partial charge is 0.493 e. The summed E-state index contributed by atoms with van der Waals surface area (Å²) in [5.74, 6) is -2.50. The van der Waals surface area contributed by atoms with Crippen molar-refractivity contribution in [3.8, 4) is 5.75 Å². The smallest absolute Gasteiger partial charge is 0.491 e. The Balaban J connectivity index is 2.24. The van der Waals surface area contributed by atoms with Crippen molar-refractivity contribution >= 4 is 11.9 Å². The highest BCUT2D eigenvalue weighted by Gasteiger charge is 2.42. The first kappa shape index (κ1) is 21.0. The number of carbonyl (C=O) groups excluding carboxylic acids is 2. The predicted molar refractivity (Wildman–Crippen MR) is 85.1 cm³/mol. The lowest BCUT2D eigenvalue weighted by Crippen LogP contribution is -2.29. The number of rotatable bonds is 9. The summed E-state index contributed by atoms with van der Waals surface area (Å²) in [7, 11) is 0. The van der Waals surface area contributed by atoms with E-state index in [2.05, 4.69) is 23.9 Å². The van der Waals surface area contributed by atoms with Crippen LogP contribution in [-0.2, 0) is 20.7 Å². The monoisotopic (exact) mass is 361 g/mol. The zero-order valence-corrected chi connectivity index (χ0v) is 14.2. The maximum atomic E-state index is 11.9. The Morgan fingerprint density at radius 3 is 2.56 bits per heavy atom. The van der Waals surface area contributed by atoms with Crippen LogP contribution in [0, 0.1) is 5.92 Å². The molecule has 0 saturated carbocycles. The molecule has 140 valence electrons. The van der Waals surface area contributed by atoms with Gasteiger partial charge in [-0.25, -0.2) is 4.79 Å². The Labute approximate surface area is 144 Å². The van der Waals surface area contributed by atoms with Crippen molar-refractivity contribution in [2.24, 2.45) is 5.92 Å². The van der Waals surface area contributed by atoms with Crippen LogP contribution in [0.25, 0.3) is 0 Å². The Kier molecular flexibility index (Phi) is 8.40. The molecule has 0 aliphatic rings. The zero-order chi connectivity index (χ0) is 18.9.